The van der Waals surface area contributed by atoms with Gasteiger partial charge in [-0.05, 0) is 48.5 Å². The minimum absolute atomic E-state index is 0.243. The van der Waals surface area contributed by atoms with Crippen LogP contribution in [0.4, 0.5) is 17.2 Å². The number of hydrogen-bond donors (Lipinski definition) is 2. The molecule has 0 saturated heterocycles. The topological polar surface area (TPSA) is 84.7 Å². The van der Waals surface area contributed by atoms with Gasteiger partial charge in [0.2, 0.25) is 0 Å². The van der Waals surface area contributed by atoms with Crippen LogP contribution >= 0.6 is 23.2 Å². The highest BCUT2D eigenvalue weighted by atomic mass is 35.5. The second-order valence-electron chi connectivity index (χ2n) is 6.02. The number of benzene rings is 2. The van der Waals surface area contributed by atoms with E-state index in [4.69, 9.17) is 23.2 Å². The maximum absolute atomic E-state index is 12.5. The first kappa shape index (κ1) is 18.9. The number of carbonyl (C=O) groups excluding carboxylic acids is 1. The van der Waals surface area contributed by atoms with Gasteiger partial charge in [0.25, 0.3) is 5.91 Å². The van der Waals surface area contributed by atoms with Gasteiger partial charge in [-0.15, -0.1) is 0 Å². The lowest BCUT2D eigenvalue weighted by Gasteiger charge is -2.07. The van der Waals surface area contributed by atoms with Crippen molar-refractivity contribution in [3.63, 3.8) is 0 Å². The Bertz CT molecular complexity index is 1150. The second-order valence-corrected chi connectivity index (χ2v) is 6.84. The molecule has 0 aliphatic carbocycles. The summed E-state index contributed by atoms with van der Waals surface area (Å²) in [6, 6.07) is 14.0. The van der Waals surface area contributed by atoms with Gasteiger partial charge >= 0.3 is 0 Å². The largest absolute Gasteiger partial charge is 0.340 e. The summed E-state index contributed by atoms with van der Waals surface area (Å²) in [4.78, 5) is 20.5. The van der Waals surface area contributed by atoms with Crippen molar-refractivity contribution in [3.8, 4) is 5.69 Å². The molecule has 29 heavy (non-hydrogen) atoms. The molecule has 4 rings (SSSR count). The highest BCUT2D eigenvalue weighted by Gasteiger charge is 2.09. The lowest BCUT2D eigenvalue weighted by Crippen LogP contribution is -2.11. The van der Waals surface area contributed by atoms with Gasteiger partial charge in [0.05, 0.1) is 33.8 Å². The van der Waals surface area contributed by atoms with Crippen LogP contribution in [0, 0.1) is 0 Å². The third-order valence-corrected chi connectivity index (χ3v) is 4.75. The summed E-state index contributed by atoms with van der Waals surface area (Å²) in [6.07, 6.45) is 6.37. The fourth-order valence-electron chi connectivity index (χ4n) is 2.58. The normalized spacial score (nSPS) is 10.6. The monoisotopic (exact) mass is 424 g/mol. The Kier molecular flexibility index (Phi) is 5.41. The molecular weight excluding hydrogens is 411 g/mol. The highest BCUT2D eigenvalue weighted by molar-refractivity contribution is 6.42. The summed E-state index contributed by atoms with van der Waals surface area (Å²) in [7, 11) is 0. The molecule has 0 atom stereocenters. The van der Waals surface area contributed by atoms with E-state index in [1.165, 1.54) is 6.33 Å². The first-order valence-corrected chi connectivity index (χ1v) is 9.28. The minimum Gasteiger partial charge on any atom is -0.340 e. The first-order chi connectivity index (χ1) is 14.1. The molecule has 0 radical (unpaired) electrons. The van der Waals surface area contributed by atoms with Crippen molar-refractivity contribution in [2.45, 2.75) is 0 Å². The predicted molar refractivity (Wildman–Crippen MR) is 113 cm³/mol. The van der Waals surface area contributed by atoms with Gasteiger partial charge < -0.3 is 10.6 Å². The van der Waals surface area contributed by atoms with E-state index in [9.17, 15) is 4.79 Å². The van der Waals surface area contributed by atoms with Gasteiger partial charge in [-0.2, -0.15) is 5.10 Å². The van der Waals surface area contributed by atoms with Crippen LogP contribution < -0.4 is 10.6 Å². The molecule has 2 aromatic heterocycles. The summed E-state index contributed by atoms with van der Waals surface area (Å²) in [5.41, 5.74) is 2.62. The molecule has 2 heterocycles. The van der Waals surface area contributed by atoms with Gasteiger partial charge in [0, 0.05) is 17.4 Å². The Balaban J connectivity index is 1.43. The molecule has 0 spiro atoms. The molecule has 7 nitrogen and oxygen atoms in total. The van der Waals surface area contributed by atoms with E-state index in [0.29, 0.717) is 27.1 Å². The number of anilines is 3. The molecular formula is C20H14Cl2N6O. The van der Waals surface area contributed by atoms with E-state index in [1.807, 2.05) is 0 Å². The van der Waals surface area contributed by atoms with Gasteiger partial charge in [-0.1, -0.05) is 23.2 Å². The zero-order valence-corrected chi connectivity index (χ0v) is 16.4. The number of rotatable bonds is 5. The SMILES string of the molecule is O=C(Nc1cnn(-c2ccc(Cl)c(Cl)c2)c1)c1ccc(Nc2ccncn2)cc1. The number of aromatic nitrogens is 4. The molecule has 2 aromatic carbocycles. The van der Waals surface area contributed by atoms with Crippen LogP contribution in [-0.4, -0.2) is 25.7 Å². The molecule has 9 heteroatoms. The summed E-state index contributed by atoms with van der Waals surface area (Å²) in [6.45, 7) is 0. The summed E-state index contributed by atoms with van der Waals surface area (Å²) in [5, 5.41) is 11.1. The van der Waals surface area contributed by atoms with Crippen LogP contribution in [-0.2, 0) is 0 Å². The highest BCUT2D eigenvalue weighted by Crippen LogP contribution is 2.25. The Morgan fingerprint density at radius 1 is 0.966 bits per heavy atom. The molecule has 0 aliphatic heterocycles. The van der Waals surface area contributed by atoms with E-state index in [0.717, 1.165) is 11.4 Å². The molecule has 0 unspecified atom stereocenters. The Morgan fingerprint density at radius 3 is 2.52 bits per heavy atom. The van der Waals surface area contributed by atoms with Crippen molar-refractivity contribution >= 4 is 46.3 Å². The molecule has 0 fully saturated rings. The van der Waals surface area contributed by atoms with Gasteiger partial charge in [0.1, 0.15) is 12.1 Å². The van der Waals surface area contributed by atoms with Gasteiger partial charge in [-0.25, -0.2) is 14.6 Å². The fraction of sp³-hybridized carbons (Fsp3) is 0. The maximum atomic E-state index is 12.5. The number of hydrogen-bond acceptors (Lipinski definition) is 5. The lowest BCUT2D eigenvalue weighted by molar-refractivity contribution is 0.102. The average Bonchev–Trinajstić information content (AvgIpc) is 3.20. The van der Waals surface area contributed by atoms with Crippen molar-refractivity contribution in [1.29, 1.82) is 0 Å². The van der Waals surface area contributed by atoms with Crippen LogP contribution in [0.15, 0.2) is 73.4 Å². The maximum Gasteiger partial charge on any atom is 0.255 e. The molecule has 1 amide bonds. The standard InChI is InChI=1S/C20H14Cl2N6O/c21-17-6-5-16(9-18(17)22)28-11-15(10-25-28)27-20(29)13-1-3-14(4-2-13)26-19-7-8-23-12-24-19/h1-12H,(H,27,29)(H,23,24,26). The fourth-order valence-corrected chi connectivity index (χ4v) is 2.87. The molecule has 144 valence electrons. The molecule has 0 aliphatic rings. The van der Waals surface area contributed by atoms with Gasteiger partial charge in [-0.3, -0.25) is 4.79 Å². The predicted octanol–water partition coefficient (Wildman–Crippen LogP) is 4.97. The van der Waals surface area contributed by atoms with Crippen LogP contribution in [0.1, 0.15) is 10.4 Å². The van der Waals surface area contributed by atoms with Crippen molar-refractivity contribution in [3.05, 3.63) is 89.1 Å². The number of carbonyl (C=O) groups is 1. The Morgan fingerprint density at radius 2 is 1.79 bits per heavy atom. The lowest BCUT2D eigenvalue weighted by atomic mass is 10.2. The Hall–Kier alpha value is -3.42. The zero-order chi connectivity index (χ0) is 20.2. The summed E-state index contributed by atoms with van der Waals surface area (Å²) in [5.74, 6) is 0.430. The van der Waals surface area contributed by atoms with E-state index >= 15 is 0 Å². The average molecular weight is 425 g/mol. The van der Waals surface area contributed by atoms with Crippen LogP contribution in [0.25, 0.3) is 5.69 Å². The zero-order valence-electron chi connectivity index (χ0n) is 14.9. The van der Waals surface area contributed by atoms with Gasteiger partial charge in [0.15, 0.2) is 0 Å². The number of nitrogens with zero attached hydrogens (tertiary/aromatic N) is 4. The third-order valence-electron chi connectivity index (χ3n) is 4.01. The summed E-state index contributed by atoms with van der Waals surface area (Å²) >= 11 is 12.0. The smallest absolute Gasteiger partial charge is 0.255 e. The van der Waals surface area contributed by atoms with Crippen molar-refractivity contribution in [2.75, 3.05) is 10.6 Å². The van der Waals surface area contributed by atoms with E-state index in [-0.39, 0.29) is 5.91 Å². The number of halogens is 2. The molecule has 0 saturated carbocycles. The van der Waals surface area contributed by atoms with Crippen molar-refractivity contribution < 1.29 is 4.79 Å². The molecule has 0 bridgehead atoms. The molecule has 2 N–H and O–H groups in total. The van der Waals surface area contributed by atoms with Crippen molar-refractivity contribution in [2.24, 2.45) is 0 Å². The second kappa shape index (κ2) is 8.30. The van der Waals surface area contributed by atoms with E-state index < -0.39 is 0 Å². The Labute approximate surface area is 176 Å². The quantitative estimate of drug-likeness (QED) is 0.472. The number of amides is 1. The minimum atomic E-state index is -0.243. The van der Waals surface area contributed by atoms with Crippen LogP contribution in [0.2, 0.25) is 10.0 Å². The van der Waals surface area contributed by atoms with E-state index in [2.05, 4.69) is 25.7 Å². The summed E-state index contributed by atoms with van der Waals surface area (Å²) < 4.78 is 1.60. The van der Waals surface area contributed by atoms with Crippen LogP contribution in [0.3, 0.4) is 0 Å². The van der Waals surface area contributed by atoms with Crippen molar-refractivity contribution in [1.82, 2.24) is 19.7 Å². The third kappa shape index (κ3) is 4.53. The number of nitrogens with one attached hydrogen (secondary N) is 2. The molecule has 4 aromatic rings. The van der Waals surface area contributed by atoms with E-state index in [1.54, 1.807) is 71.8 Å². The van der Waals surface area contributed by atoms with Crippen LogP contribution in [0.5, 0.6) is 0 Å². The first-order valence-electron chi connectivity index (χ1n) is 8.53.